The molecule has 0 unspecified atom stereocenters. The van der Waals surface area contributed by atoms with Crippen LogP contribution in [-0.2, 0) is 9.59 Å². The van der Waals surface area contributed by atoms with Crippen molar-refractivity contribution in [2.24, 2.45) is 0 Å². The monoisotopic (exact) mass is 321 g/mol. The molecule has 1 rings (SSSR count). The Balaban J connectivity index is 2.39. The van der Waals surface area contributed by atoms with Gasteiger partial charge in [0, 0.05) is 12.0 Å². The minimum Gasteiger partial charge on any atom is -0.494 e. The van der Waals surface area contributed by atoms with E-state index < -0.39 is 11.5 Å². The summed E-state index contributed by atoms with van der Waals surface area (Å²) in [6.45, 7) is 6.25. The molecule has 0 aromatic heterocycles. The Labute approximate surface area is 138 Å². The smallest absolute Gasteiger partial charge is 0.305 e. The minimum absolute atomic E-state index is 0.0501. The maximum atomic E-state index is 12.1. The van der Waals surface area contributed by atoms with Crippen LogP contribution in [-0.4, -0.2) is 29.1 Å². The Morgan fingerprint density at radius 1 is 1.26 bits per heavy atom. The summed E-state index contributed by atoms with van der Waals surface area (Å²) in [6.07, 6.45) is 2.07. The summed E-state index contributed by atoms with van der Waals surface area (Å²) >= 11 is 0. The van der Waals surface area contributed by atoms with Crippen LogP contribution in [0.25, 0.3) is 0 Å². The van der Waals surface area contributed by atoms with Crippen LogP contribution in [0.5, 0.6) is 5.75 Å². The van der Waals surface area contributed by atoms with Crippen molar-refractivity contribution in [2.75, 3.05) is 6.61 Å². The summed E-state index contributed by atoms with van der Waals surface area (Å²) in [7, 11) is 0. The van der Waals surface area contributed by atoms with E-state index in [0.717, 1.165) is 11.3 Å². The van der Waals surface area contributed by atoms with Crippen LogP contribution in [0, 0.1) is 6.92 Å². The van der Waals surface area contributed by atoms with Gasteiger partial charge in [-0.15, -0.1) is 0 Å². The summed E-state index contributed by atoms with van der Waals surface area (Å²) in [6, 6.07) is 7.77. The molecule has 0 spiro atoms. The molecule has 1 amide bonds. The quantitative estimate of drug-likeness (QED) is 0.648. The Kier molecular flexibility index (Phi) is 7.59. The number of carbonyl (C=O) groups is 2. The van der Waals surface area contributed by atoms with Crippen molar-refractivity contribution in [3.63, 3.8) is 0 Å². The zero-order chi connectivity index (χ0) is 17.3. The summed E-state index contributed by atoms with van der Waals surface area (Å²) in [5.41, 5.74) is 0.477. The highest BCUT2D eigenvalue weighted by Gasteiger charge is 2.30. The van der Waals surface area contributed by atoms with Gasteiger partial charge in [0.25, 0.3) is 0 Å². The molecule has 0 aliphatic heterocycles. The van der Waals surface area contributed by atoms with E-state index in [-0.39, 0.29) is 12.3 Å². The number of carboxylic acid groups (broad SMARTS) is 1. The van der Waals surface area contributed by atoms with Crippen LogP contribution in [0.4, 0.5) is 0 Å². The first-order valence-corrected chi connectivity index (χ1v) is 8.13. The number of rotatable bonds is 10. The number of ether oxygens (including phenoxy) is 1. The lowest BCUT2D eigenvalue weighted by molar-refractivity contribution is -0.139. The van der Waals surface area contributed by atoms with E-state index in [4.69, 9.17) is 9.84 Å². The lowest BCUT2D eigenvalue weighted by atomic mass is 9.88. The van der Waals surface area contributed by atoms with Gasteiger partial charge < -0.3 is 15.2 Å². The Hall–Kier alpha value is -2.04. The van der Waals surface area contributed by atoms with Crippen molar-refractivity contribution in [3.05, 3.63) is 29.8 Å². The number of aliphatic carboxylic acids is 1. The number of nitrogens with one attached hydrogen (secondary N) is 1. The predicted octanol–water partition coefficient (Wildman–Crippen LogP) is 3.30. The molecular formula is C18H27NO4. The normalized spacial score (nSPS) is 11.1. The van der Waals surface area contributed by atoms with Crippen molar-refractivity contribution in [2.45, 2.75) is 58.4 Å². The van der Waals surface area contributed by atoms with Gasteiger partial charge in [-0.25, -0.2) is 0 Å². The van der Waals surface area contributed by atoms with Crippen LogP contribution in [0.1, 0.15) is 51.5 Å². The van der Waals surface area contributed by atoms with Crippen molar-refractivity contribution >= 4 is 11.9 Å². The van der Waals surface area contributed by atoms with E-state index in [1.165, 1.54) is 0 Å². The topological polar surface area (TPSA) is 75.6 Å². The molecule has 0 atom stereocenters. The van der Waals surface area contributed by atoms with Gasteiger partial charge in [0.05, 0.1) is 13.0 Å². The molecule has 1 aromatic carbocycles. The third kappa shape index (κ3) is 6.72. The molecule has 128 valence electrons. The maximum absolute atomic E-state index is 12.1. The maximum Gasteiger partial charge on any atom is 0.305 e. The van der Waals surface area contributed by atoms with Gasteiger partial charge in [0.15, 0.2) is 0 Å². The summed E-state index contributed by atoms with van der Waals surface area (Å²) in [5.74, 6) is -0.215. The summed E-state index contributed by atoms with van der Waals surface area (Å²) in [4.78, 5) is 23.1. The Morgan fingerprint density at radius 2 is 1.96 bits per heavy atom. The van der Waals surface area contributed by atoms with Crippen molar-refractivity contribution in [3.8, 4) is 5.75 Å². The molecule has 0 heterocycles. The number of hydrogen-bond acceptors (Lipinski definition) is 3. The number of amides is 1. The van der Waals surface area contributed by atoms with E-state index in [2.05, 4.69) is 5.32 Å². The highest BCUT2D eigenvalue weighted by Crippen LogP contribution is 2.20. The molecular weight excluding hydrogens is 294 g/mol. The molecule has 0 saturated heterocycles. The summed E-state index contributed by atoms with van der Waals surface area (Å²) < 4.78 is 5.61. The Morgan fingerprint density at radius 3 is 2.52 bits per heavy atom. The van der Waals surface area contributed by atoms with Crippen LogP contribution in [0.2, 0.25) is 0 Å². The van der Waals surface area contributed by atoms with Crippen LogP contribution in [0.15, 0.2) is 24.3 Å². The molecule has 5 nitrogen and oxygen atoms in total. The standard InChI is InChI=1S/C18H27NO4/c1-4-18(5-2,13-17(21)22)19-16(20)10-7-11-23-15-9-6-8-14(3)12-15/h6,8-9,12H,4-5,7,10-11,13H2,1-3H3,(H,19,20)(H,21,22). The highest BCUT2D eigenvalue weighted by molar-refractivity contribution is 5.78. The molecule has 1 aromatic rings. The molecule has 0 saturated carbocycles. The molecule has 2 N–H and O–H groups in total. The Bertz CT molecular complexity index is 524. The number of hydrogen-bond donors (Lipinski definition) is 2. The number of carboxylic acids is 1. The summed E-state index contributed by atoms with van der Waals surface area (Å²) in [5, 5.41) is 11.9. The third-order valence-electron chi connectivity index (χ3n) is 4.05. The SMILES string of the molecule is CCC(CC)(CC(=O)O)NC(=O)CCCOc1cccc(C)c1. The third-order valence-corrected chi connectivity index (χ3v) is 4.05. The van der Waals surface area contributed by atoms with E-state index in [1.807, 2.05) is 45.0 Å². The first-order valence-electron chi connectivity index (χ1n) is 8.13. The fraction of sp³-hybridized carbons (Fsp3) is 0.556. The van der Waals surface area contributed by atoms with E-state index in [9.17, 15) is 9.59 Å². The predicted molar refractivity (Wildman–Crippen MR) is 89.6 cm³/mol. The van der Waals surface area contributed by atoms with Gasteiger partial charge >= 0.3 is 5.97 Å². The highest BCUT2D eigenvalue weighted by atomic mass is 16.5. The largest absolute Gasteiger partial charge is 0.494 e. The second kappa shape index (κ2) is 9.18. The number of aryl methyl sites for hydroxylation is 1. The van der Waals surface area contributed by atoms with Crippen molar-refractivity contribution < 1.29 is 19.4 Å². The van der Waals surface area contributed by atoms with E-state index in [0.29, 0.717) is 32.3 Å². The van der Waals surface area contributed by atoms with Crippen LogP contribution in [0.3, 0.4) is 0 Å². The van der Waals surface area contributed by atoms with Crippen molar-refractivity contribution in [1.82, 2.24) is 5.32 Å². The van der Waals surface area contributed by atoms with Gasteiger partial charge in [0.1, 0.15) is 5.75 Å². The first kappa shape index (κ1) is 19.0. The molecule has 0 bridgehead atoms. The number of benzene rings is 1. The van der Waals surface area contributed by atoms with Gasteiger partial charge in [-0.3, -0.25) is 9.59 Å². The second-order valence-corrected chi connectivity index (χ2v) is 5.87. The van der Waals surface area contributed by atoms with E-state index in [1.54, 1.807) is 0 Å². The molecule has 0 fully saturated rings. The number of carbonyl (C=O) groups excluding carboxylic acids is 1. The van der Waals surface area contributed by atoms with Gasteiger partial charge in [-0.1, -0.05) is 26.0 Å². The molecule has 0 aliphatic rings. The second-order valence-electron chi connectivity index (χ2n) is 5.87. The zero-order valence-electron chi connectivity index (χ0n) is 14.2. The van der Waals surface area contributed by atoms with Gasteiger partial charge in [-0.2, -0.15) is 0 Å². The fourth-order valence-corrected chi connectivity index (χ4v) is 2.50. The van der Waals surface area contributed by atoms with Crippen LogP contribution >= 0.6 is 0 Å². The average Bonchev–Trinajstić information content (AvgIpc) is 2.50. The van der Waals surface area contributed by atoms with E-state index >= 15 is 0 Å². The average molecular weight is 321 g/mol. The van der Waals surface area contributed by atoms with Gasteiger partial charge in [-0.05, 0) is 43.9 Å². The zero-order valence-corrected chi connectivity index (χ0v) is 14.2. The van der Waals surface area contributed by atoms with Gasteiger partial charge in [0.2, 0.25) is 5.91 Å². The lowest BCUT2D eigenvalue weighted by Gasteiger charge is -2.31. The lowest BCUT2D eigenvalue weighted by Crippen LogP contribution is -2.49. The molecule has 5 heteroatoms. The van der Waals surface area contributed by atoms with Crippen LogP contribution < -0.4 is 10.1 Å². The molecule has 23 heavy (non-hydrogen) atoms. The van der Waals surface area contributed by atoms with Crippen molar-refractivity contribution in [1.29, 1.82) is 0 Å². The first-order chi connectivity index (χ1) is 10.9. The molecule has 0 aliphatic carbocycles. The molecule has 0 radical (unpaired) electrons. The fourth-order valence-electron chi connectivity index (χ4n) is 2.50. The minimum atomic E-state index is -0.892.